The van der Waals surface area contributed by atoms with E-state index in [1.54, 1.807) is 26.0 Å². The van der Waals surface area contributed by atoms with Gasteiger partial charge >= 0.3 is 0 Å². The van der Waals surface area contributed by atoms with Gasteiger partial charge < -0.3 is 10.2 Å². The van der Waals surface area contributed by atoms with Crippen molar-refractivity contribution < 1.29 is 22.4 Å². The lowest BCUT2D eigenvalue weighted by Crippen LogP contribution is -2.51. The largest absolute Gasteiger partial charge is 0.355 e. The predicted molar refractivity (Wildman–Crippen MR) is 143 cm³/mol. The molecule has 0 saturated carbocycles. The van der Waals surface area contributed by atoms with Crippen LogP contribution >= 0.6 is 23.2 Å². The highest BCUT2D eigenvalue weighted by molar-refractivity contribution is 7.92. The molecule has 0 fully saturated rings. The van der Waals surface area contributed by atoms with Gasteiger partial charge in [0, 0.05) is 23.1 Å². The summed E-state index contributed by atoms with van der Waals surface area (Å²) < 4.78 is 41.7. The zero-order valence-electron chi connectivity index (χ0n) is 20.2. The number of sulfonamides is 1. The molecule has 0 heterocycles. The molecule has 0 aromatic heterocycles. The summed E-state index contributed by atoms with van der Waals surface area (Å²) in [5.41, 5.74) is 0.740. The molecule has 1 atom stereocenters. The Morgan fingerprint density at radius 3 is 2.22 bits per heavy atom. The normalized spacial score (nSPS) is 12.0. The van der Waals surface area contributed by atoms with E-state index in [4.69, 9.17) is 23.2 Å². The highest BCUT2D eigenvalue weighted by Crippen LogP contribution is 2.27. The molecule has 37 heavy (non-hydrogen) atoms. The van der Waals surface area contributed by atoms with Crippen LogP contribution in [0, 0.1) is 5.82 Å². The molecule has 3 aromatic carbocycles. The molecule has 0 aliphatic rings. The van der Waals surface area contributed by atoms with Gasteiger partial charge in [0.1, 0.15) is 18.4 Å². The van der Waals surface area contributed by atoms with E-state index < -0.39 is 40.2 Å². The summed E-state index contributed by atoms with van der Waals surface area (Å²) in [5.74, 6) is -1.49. The predicted octanol–water partition coefficient (Wildman–Crippen LogP) is 4.88. The van der Waals surface area contributed by atoms with E-state index in [2.05, 4.69) is 5.32 Å². The van der Waals surface area contributed by atoms with Crippen LogP contribution in [0.4, 0.5) is 10.1 Å². The number of nitrogens with one attached hydrogen (secondary N) is 1. The minimum atomic E-state index is -4.23. The van der Waals surface area contributed by atoms with Crippen molar-refractivity contribution in [3.05, 3.63) is 94.2 Å². The Morgan fingerprint density at radius 1 is 0.973 bits per heavy atom. The second kappa shape index (κ2) is 12.4. The maximum atomic E-state index is 13.7. The Balaban J connectivity index is 2.02. The first-order valence-electron chi connectivity index (χ1n) is 11.4. The van der Waals surface area contributed by atoms with Gasteiger partial charge in [0.2, 0.25) is 11.8 Å². The summed E-state index contributed by atoms with van der Waals surface area (Å²) >= 11 is 12.1. The first-order valence-corrected chi connectivity index (χ1v) is 13.6. The van der Waals surface area contributed by atoms with Crippen molar-refractivity contribution in [1.82, 2.24) is 10.2 Å². The smallest absolute Gasteiger partial charge is 0.264 e. The molecule has 7 nitrogen and oxygen atoms in total. The van der Waals surface area contributed by atoms with Gasteiger partial charge in [-0.3, -0.25) is 13.9 Å². The number of nitrogens with zero attached hydrogens (tertiary/aromatic N) is 2. The zero-order chi connectivity index (χ0) is 27.2. The third-order valence-corrected chi connectivity index (χ3v) is 7.84. The number of amides is 2. The van der Waals surface area contributed by atoms with Gasteiger partial charge in [0.05, 0.1) is 10.6 Å². The van der Waals surface area contributed by atoms with E-state index >= 15 is 0 Å². The Labute approximate surface area is 225 Å². The van der Waals surface area contributed by atoms with Crippen molar-refractivity contribution in [2.45, 2.75) is 31.3 Å². The van der Waals surface area contributed by atoms with E-state index in [1.165, 1.54) is 65.6 Å². The quantitative estimate of drug-likeness (QED) is 0.379. The first kappa shape index (κ1) is 28.4. The van der Waals surface area contributed by atoms with Crippen LogP contribution in [0.15, 0.2) is 77.7 Å². The Kier molecular flexibility index (Phi) is 9.53. The van der Waals surface area contributed by atoms with Gasteiger partial charge in [-0.05, 0) is 74.0 Å². The van der Waals surface area contributed by atoms with Gasteiger partial charge in [0.15, 0.2) is 0 Å². The summed E-state index contributed by atoms with van der Waals surface area (Å²) in [4.78, 5) is 27.5. The van der Waals surface area contributed by atoms with Crippen LogP contribution in [0.2, 0.25) is 10.0 Å². The van der Waals surface area contributed by atoms with E-state index in [9.17, 15) is 22.4 Å². The van der Waals surface area contributed by atoms with E-state index in [0.29, 0.717) is 17.1 Å². The highest BCUT2D eigenvalue weighted by atomic mass is 35.5. The average Bonchev–Trinajstić information content (AvgIpc) is 2.86. The summed E-state index contributed by atoms with van der Waals surface area (Å²) in [6, 6.07) is 16.2. The van der Waals surface area contributed by atoms with Gasteiger partial charge in [-0.1, -0.05) is 41.4 Å². The van der Waals surface area contributed by atoms with Crippen molar-refractivity contribution in [2.75, 3.05) is 17.4 Å². The van der Waals surface area contributed by atoms with Crippen LogP contribution in [-0.4, -0.2) is 44.3 Å². The number of halogens is 3. The lowest BCUT2D eigenvalue weighted by molar-refractivity contribution is -0.139. The van der Waals surface area contributed by atoms with Crippen LogP contribution in [-0.2, 0) is 26.2 Å². The van der Waals surface area contributed by atoms with Gasteiger partial charge in [-0.15, -0.1) is 0 Å². The van der Waals surface area contributed by atoms with Crippen molar-refractivity contribution in [3.8, 4) is 0 Å². The van der Waals surface area contributed by atoms with Crippen LogP contribution in [0.3, 0.4) is 0 Å². The standard InChI is InChI=1S/C26H26Cl2FN3O4S/c1-3-30-26(34)18(2)31(16-19-7-11-22(29)12-8-19)25(33)17-32(23-6-4-5-21(28)15-23)37(35,36)24-13-9-20(27)10-14-24/h4-15,18H,3,16-17H2,1-2H3,(H,30,34)/t18-/m0/s1. The number of rotatable bonds is 10. The molecule has 0 spiro atoms. The second-order valence-corrected chi connectivity index (χ2v) is 10.9. The molecule has 0 bridgehead atoms. The van der Waals surface area contributed by atoms with E-state index in [1.807, 2.05) is 0 Å². The average molecular weight is 566 g/mol. The Hall–Kier alpha value is -3.14. The summed E-state index contributed by atoms with van der Waals surface area (Å²) in [6.45, 7) is 2.99. The van der Waals surface area contributed by atoms with Crippen LogP contribution in [0.1, 0.15) is 19.4 Å². The SMILES string of the molecule is CCNC(=O)[C@H](C)N(Cc1ccc(F)cc1)C(=O)CN(c1cccc(Cl)c1)S(=O)(=O)c1ccc(Cl)cc1. The fourth-order valence-electron chi connectivity index (χ4n) is 3.58. The number of benzene rings is 3. The monoisotopic (exact) mass is 565 g/mol. The Bertz CT molecular complexity index is 1350. The number of carbonyl (C=O) groups is 2. The second-order valence-electron chi connectivity index (χ2n) is 8.16. The number of hydrogen-bond donors (Lipinski definition) is 1. The first-order chi connectivity index (χ1) is 17.5. The molecular weight excluding hydrogens is 540 g/mol. The molecule has 2 amide bonds. The molecule has 1 N–H and O–H groups in total. The maximum Gasteiger partial charge on any atom is 0.264 e. The molecule has 0 aliphatic carbocycles. The molecule has 0 radical (unpaired) electrons. The van der Waals surface area contributed by atoms with Gasteiger partial charge in [-0.2, -0.15) is 0 Å². The number of anilines is 1. The third-order valence-electron chi connectivity index (χ3n) is 5.56. The van der Waals surface area contributed by atoms with Crippen LogP contribution in [0.5, 0.6) is 0 Å². The molecule has 0 unspecified atom stereocenters. The van der Waals surface area contributed by atoms with Crippen LogP contribution in [0.25, 0.3) is 0 Å². The van der Waals surface area contributed by atoms with E-state index in [0.717, 1.165) is 4.31 Å². The molecular formula is C26H26Cl2FN3O4S. The molecule has 3 aromatic rings. The molecule has 0 saturated heterocycles. The van der Waals surface area contributed by atoms with Crippen molar-refractivity contribution in [2.24, 2.45) is 0 Å². The molecule has 0 aliphatic heterocycles. The van der Waals surface area contributed by atoms with Crippen molar-refractivity contribution in [3.63, 3.8) is 0 Å². The molecule has 11 heteroatoms. The fourth-order valence-corrected chi connectivity index (χ4v) is 5.30. The molecule has 3 rings (SSSR count). The van der Waals surface area contributed by atoms with Crippen molar-refractivity contribution in [1.29, 1.82) is 0 Å². The third kappa shape index (κ3) is 7.21. The highest BCUT2D eigenvalue weighted by Gasteiger charge is 2.32. The van der Waals surface area contributed by atoms with Crippen molar-refractivity contribution >= 4 is 50.7 Å². The summed E-state index contributed by atoms with van der Waals surface area (Å²) in [7, 11) is -4.23. The number of likely N-dealkylation sites (N-methyl/N-ethyl adjacent to an activating group) is 1. The minimum absolute atomic E-state index is 0.0399. The lowest BCUT2D eigenvalue weighted by Gasteiger charge is -2.32. The fraction of sp³-hybridized carbons (Fsp3) is 0.231. The maximum absolute atomic E-state index is 13.7. The van der Waals surface area contributed by atoms with Crippen LogP contribution < -0.4 is 9.62 Å². The lowest BCUT2D eigenvalue weighted by atomic mass is 10.1. The Morgan fingerprint density at radius 2 is 1.62 bits per heavy atom. The van der Waals surface area contributed by atoms with Gasteiger partial charge in [0.25, 0.3) is 10.0 Å². The number of hydrogen-bond acceptors (Lipinski definition) is 4. The number of carbonyl (C=O) groups excluding carboxylic acids is 2. The summed E-state index contributed by atoms with van der Waals surface area (Å²) in [6.07, 6.45) is 0. The minimum Gasteiger partial charge on any atom is -0.355 e. The summed E-state index contributed by atoms with van der Waals surface area (Å²) in [5, 5.41) is 3.31. The van der Waals surface area contributed by atoms with Gasteiger partial charge in [-0.25, -0.2) is 12.8 Å². The van der Waals surface area contributed by atoms with E-state index in [-0.39, 0.29) is 22.2 Å². The topological polar surface area (TPSA) is 86.8 Å². The zero-order valence-corrected chi connectivity index (χ0v) is 22.5. The molecule has 196 valence electrons.